The lowest BCUT2D eigenvalue weighted by Crippen LogP contribution is -2.47. The molecule has 33 heavy (non-hydrogen) atoms. The molecule has 0 aromatic heterocycles. The van der Waals surface area contributed by atoms with Crippen LogP contribution in [0.15, 0.2) is 18.2 Å². The van der Waals surface area contributed by atoms with Crippen molar-refractivity contribution in [2.75, 3.05) is 18.5 Å². The number of benzene rings is 1. The summed E-state index contributed by atoms with van der Waals surface area (Å²) in [6.45, 7) is -1.76. The quantitative estimate of drug-likeness (QED) is 0.510. The van der Waals surface area contributed by atoms with Gasteiger partial charge in [-0.1, -0.05) is 12.8 Å². The number of carbonyl (C=O) groups excluding carboxylic acids is 2. The summed E-state index contributed by atoms with van der Waals surface area (Å²) in [6, 6.07) is 5.16. The fraction of sp³-hybridized carbons (Fsp3) is 0.636. The van der Waals surface area contributed by atoms with Crippen molar-refractivity contribution in [2.24, 2.45) is 0 Å². The Hall–Kier alpha value is -2.53. The molecule has 2 aliphatic heterocycles. The number of rotatable bonds is 6. The molecule has 0 bridgehead atoms. The molecule has 4 N–H and O–H groups in total. The summed E-state index contributed by atoms with van der Waals surface area (Å²) in [5.41, 5.74) is 1.39. The van der Waals surface area contributed by atoms with Gasteiger partial charge in [0.25, 0.3) is 0 Å². The van der Waals surface area contributed by atoms with Crippen LogP contribution in [0.2, 0.25) is 0 Å². The second kappa shape index (κ2) is 9.76. The van der Waals surface area contributed by atoms with Gasteiger partial charge >= 0.3 is 12.2 Å². The van der Waals surface area contributed by atoms with Crippen molar-refractivity contribution in [2.45, 2.75) is 75.0 Å². The molecule has 4 atom stereocenters. The van der Waals surface area contributed by atoms with Crippen molar-refractivity contribution in [3.05, 3.63) is 23.8 Å². The van der Waals surface area contributed by atoms with Crippen LogP contribution in [0.3, 0.4) is 0 Å². The van der Waals surface area contributed by atoms with Gasteiger partial charge in [-0.2, -0.15) is 13.2 Å². The maximum atomic E-state index is 12.4. The van der Waals surface area contributed by atoms with Crippen molar-refractivity contribution < 1.29 is 37.3 Å². The predicted octanol–water partition coefficient (Wildman–Crippen LogP) is 2.81. The predicted molar refractivity (Wildman–Crippen MR) is 112 cm³/mol. The SMILES string of the molecule is O=C(C[C@H]1C[C@H]2c3cc(NC(=O)NC4CCCC4)ccc3O[C@H]2[C@@H](CO)O1)NCC(F)(F)F. The first-order valence-corrected chi connectivity index (χ1v) is 11.2. The van der Waals surface area contributed by atoms with Gasteiger partial charge in [0.1, 0.15) is 24.5 Å². The third-order valence-corrected chi connectivity index (χ3v) is 6.35. The van der Waals surface area contributed by atoms with Gasteiger partial charge in [0.2, 0.25) is 5.91 Å². The molecule has 182 valence electrons. The maximum absolute atomic E-state index is 12.4. The molecule has 8 nitrogen and oxygen atoms in total. The molecule has 0 radical (unpaired) electrons. The van der Waals surface area contributed by atoms with E-state index in [-0.39, 0.29) is 31.0 Å². The zero-order valence-corrected chi connectivity index (χ0v) is 18.0. The Morgan fingerprint density at radius 3 is 2.64 bits per heavy atom. The molecule has 2 fully saturated rings. The lowest BCUT2D eigenvalue weighted by Gasteiger charge is -2.37. The number of amides is 3. The zero-order valence-electron chi connectivity index (χ0n) is 18.0. The third kappa shape index (κ3) is 5.89. The van der Waals surface area contributed by atoms with Crippen molar-refractivity contribution >= 4 is 17.6 Å². The summed E-state index contributed by atoms with van der Waals surface area (Å²) in [4.78, 5) is 24.3. The Bertz CT molecular complexity index is 875. The van der Waals surface area contributed by atoms with Crippen molar-refractivity contribution in [1.82, 2.24) is 10.6 Å². The number of ether oxygens (including phenoxy) is 2. The summed E-state index contributed by atoms with van der Waals surface area (Å²) in [5, 5.41) is 17.4. The van der Waals surface area contributed by atoms with Crippen LogP contribution in [0, 0.1) is 0 Å². The summed E-state index contributed by atoms with van der Waals surface area (Å²) < 4.78 is 48.8. The molecular weight excluding hydrogens is 443 g/mol. The highest BCUT2D eigenvalue weighted by atomic mass is 19.4. The summed E-state index contributed by atoms with van der Waals surface area (Å²) in [5.74, 6) is -0.410. The minimum absolute atomic E-state index is 0.178. The number of nitrogens with one attached hydrogen (secondary N) is 3. The van der Waals surface area contributed by atoms with E-state index in [1.807, 2.05) is 5.32 Å². The van der Waals surface area contributed by atoms with Crippen LogP contribution in [0.1, 0.15) is 50.0 Å². The van der Waals surface area contributed by atoms with Crippen LogP contribution < -0.4 is 20.7 Å². The van der Waals surface area contributed by atoms with E-state index < -0.39 is 36.9 Å². The number of alkyl halides is 3. The van der Waals surface area contributed by atoms with E-state index in [0.717, 1.165) is 31.2 Å². The molecule has 11 heteroatoms. The molecule has 0 unspecified atom stereocenters. The van der Waals surface area contributed by atoms with Crippen LogP contribution in [0.4, 0.5) is 23.7 Å². The van der Waals surface area contributed by atoms with E-state index in [2.05, 4.69) is 10.6 Å². The first-order chi connectivity index (χ1) is 15.7. The Morgan fingerprint density at radius 1 is 1.18 bits per heavy atom. The fourth-order valence-corrected chi connectivity index (χ4v) is 4.87. The number of hydrogen-bond donors (Lipinski definition) is 4. The average Bonchev–Trinajstić information content (AvgIpc) is 3.39. The Morgan fingerprint density at radius 2 is 1.94 bits per heavy atom. The van der Waals surface area contributed by atoms with Crippen LogP contribution in [0.25, 0.3) is 0 Å². The molecule has 1 saturated carbocycles. The average molecular weight is 471 g/mol. The van der Waals surface area contributed by atoms with E-state index in [9.17, 15) is 27.9 Å². The van der Waals surface area contributed by atoms with Gasteiger partial charge in [-0.3, -0.25) is 4.79 Å². The number of urea groups is 1. The molecule has 1 aromatic carbocycles. The Kier molecular flexibility index (Phi) is 6.99. The van der Waals surface area contributed by atoms with Crippen molar-refractivity contribution in [3.8, 4) is 5.75 Å². The second-order valence-corrected chi connectivity index (χ2v) is 8.83. The molecule has 3 aliphatic rings. The fourth-order valence-electron chi connectivity index (χ4n) is 4.87. The molecule has 1 saturated heterocycles. The number of hydrogen-bond acceptors (Lipinski definition) is 5. The number of anilines is 1. The van der Waals surface area contributed by atoms with E-state index in [4.69, 9.17) is 9.47 Å². The largest absolute Gasteiger partial charge is 0.487 e. The molecule has 3 amide bonds. The smallest absolute Gasteiger partial charge is 0.405 e. The highest BCUT2D eigenvalue weighted by molar-refractivity contribution is 5.89. The lowest BCUT2D eigenvalue weighted by molar-refractivity contribution is -0.149. The first-order valence-electron chi connectivity index (χ1n) is 11.2. The minimum atomic E-state index is -4.49. The van der Waals surface area contributed by atoms with E-state index in [1.165, 1.54) is 0 Å². The molecular formula is C22H28F3N3O5. The number of aliphatic hydroxyl groups is 1. The highest BCUT2D eigenvalue weighted by Gasteiger charge is 2.46. The van der Waals surface area contributed by atoms with Gasteiger partial charge in [0, 0.05) is 23.2 Å². The highest BCUT2D eigenvalue weighted by Crippen LogP contribution is 2.47. The topological polar surface area (TPSA) is 109 Å². The number of aliphatic hydroxyl groups excluding tert-OH is 1. The van der Waals surface area contributed by atoms with Gasteiger partial charge in [0.15, 0.2) is 0 Å². The first kappa shape index (κ1) is 23.6. The van der Waals surface area contributed by atoms with Crippen LogP contribution in [0.5, 0.6) is 5.75 Å². The summed E-state index contributed by atoms with van der Waals surface area (Å²) in [6.07, 6.45) is -2.15. The van der Waals surface area contributed by atoms with Crippen molar-refractivity contribution in [3.63, 3.8) is 0 Å². The minimum Gasteiger partial charge on any atom is -0.487 e. The van der Waals surface area contributed by atoms with Gasteiger partial charge in [-0.25, -0.2) is 4.79 Å². The summed E-state index contributed by atoms with van der Waals surface area (Å²) in [7, 11) is 0. The van der Waals surface area contributed by atoms with Crippen LogP contribution in [-0.2, 0) is 9.53 Å². The van der Waals surface area contributed by atoms with Gasteiger partial charge in [0.05, 0.1) is 19.1 Å². The second-order valence-electron chi connectivity index (χ2n) is 8.83. The zero-order chi connectivity index (χ0) is 23.6. The standard InChI is InChI=1S/C22H28F3N3O5/c23-22(24,25)11-26-19(30)9-14-8-16-15-7-13(28-21(31)27-12-3-1-2-4-12)5-6-17(15)33-20(16)18(10-29)32-14/h5-7,12,14,16,18,20,29H,1-4,8-11H2,(H,26,30)(H2,27,28,31)/t14-,16+,18-,20-/m1/s1. The molecule has 1 aromatic rings. The Balaban J connectivity index is 1.41. The molecule has 0 spiro atoms. The van der Waals surface area contributed by atoms with E-state index >= 15 is 0 Å². The van der Waals surface area contributed by atoms with E-state index in [1.54, 1.807) is 18.2 Å². The van der Waals surface area contributed by atoms with E-state index in [0.29, 0.717) is 17.9 Å². The maximum Gasteiger partial charge on any atom is 0.405 e. The van der Waals surface area contributed by atoms with Gasteiger partial charge in [-0.05, 0) is 37.5 Å². The monoisotopic (exact) mass is 471 g/mol. The number of fused-ring (bicyclic) bond motifs is 3. The number of carbonyl (C=O) groups is 2. The molecule has 4 rings (SSSR count). The molecule has 2 heterocycles. The number of halogens is 3. The third-order valence-electron chi connectivity index (χ3n) is 6.35. The normalized spacial score (nSPS) is 26.8. The van der Waals surface area contributed by atoms with Crippen molar-refractivity contribution in [1.29, 1.82) is 0 Å². The summed E-state index contributed by atoms with van der Waals surface area (Å²) >= 11 is 0. The lowest BCUT2D eigenvalue weighted by atomic mass is 9.84. The van der Waals surface area contributed by atoms with Gasteiger partial charge in [-0.15, -0.1) is 0 Å². The van der Waals surface area contributed by atoms with Crippen LogP contribution >= 0.6 is 0 Å². The van der Waals surface area contributed by atoms with Crippen LogP contribution in [-0.4, -0.2) is 60.7 Å². The Labute approximate surface area is 189 Å². The molecule has 1 aliphatic carbocycles. The van der Waals surface area contributed by atoms with Gasteiger partial charge < -0.3 is 30.5 Å².